The zero-order chi connectivity index (χ0) is 16.9. The third kappa shape index (κ3) is 4.32. The third-order valence-corrected chi connectivity index (χ3v) is 4.91. The van der Waals surface area contributed by atoms with E-state index in [4.69, 9.17) is 11.6 Å². The number of hydrogen-bond acceptors (Lipinski definition) is 5. The van der Waals surface area contributed by atoms with Gasteiger partial charge in [0.1, 0.15) is 16.8 Å². The van der Waals surface area contributed by atoms with E-state index in [1.807, 2.05) is 30.3 Å². The molecule has 24 heavy (non-hydrogen) atoms. The molecule has 0 aliphatic carbocycles. The highest BCUT2D eigenvalue weighted by Gasteiger charge is 2.20. The number of piperidine rings is 1. The number of hydrogen-bond donors (Lipinski definition) is 0. The van der Waals surface area contributed by atoms with Gasteiger partial charge in [-0.15, -0.1) is 0 Å². The first-order valence-electron chi connectivity index (χ1n) is 8.03. The summed E-state index contributed by atoms with van der Waals surface area (Å²) in [6.07, 6.45) is 4.05. The van der Waals surface area contributed by atoms with Gasteiger partial charge in [0.2, 0.25) is 0 Å². The number of benzene rings is 1. The van der Waals surface area contributed by atoms with Crippen molar-refractivity contribution in [3.8, 4) is 0 Å². The molecule has 0 N–H and O–H groups in total. The van der Waals surface area contributed by atoms with E-state index in [1.165, 1.54) is 6.42 Å². The van der Waals surface area contributed by atoms with Crippen LogP contribution in [0.1, 0.15) is 36.2 Å². The molecule has 1 unspecified atom stereocenters. The first-order chi connectivity index (χ1) is 11.6. The largest absolute Gasteiger partial charge is 0.772 e. The molecule has 1 saturated heterocycles. The van der Waals surface area contributed by atoms with Crippen LogP contribution in [0.2, 0.25) is 5.15 Å². The predicted molar refractivity (Wildman–Crippen MR) is 95.0 cm³/mol. The maximum Gasteiger partial charge on any atom is 0.143 e. The van der Waals surface area contributed by atoms with Crippen molar-refractivity contribution < 1.29 is 8.76 Å². The van der Waals surface area contributed by atoms with Gasteiger partial charge in [-0.25, -0.2) is 9.97 Å². The Morgan fingerprint density at radius 3 is 2.50 bits per heavy atom. The summed E-state index contributed by atoms with van der Waals surface area (Å²) < 4.78 is 22.0. The zero-order valence-corrected chi connectivity index (χ0v) is 14.9. The number of nitrogens with zero attached hydrogens (tertiary/aromatic N) is 3. The number of halogens is 1. The lowest BCUT2D eigenvalue weighted by Crippen LogP contribution is -2.31. The quantitative estimate of drug-likeness (QED) is 0.602. The molecular weight excluding hydrogens is 346 g/mol. The van der Waals surface area contributed by atoms with E-state index in [0.717, 1.165) is 42.9 Å². The summed E-state index contributed by atoms with van der Waals surface area (Å²) >= 11 is 4.17. The smallest absolute Gasteiger partial charge is 0.143 e. The monoisotopic (exact) mass is 364 g/mol. The molecule has 1 aromatic carbocycles. The molecule has 1 fully saturated rings. The van der Waals surface area contributed by atoms with Gasteiger partial charge in [-0.05, 0) is 35.9 Å². The second-order valence-corrected chi connectivity index (χ2v) is 7.15. The summed E-state index contributed by atoms with van der Waals surface area (Å²) in [6.45, 7) is 1.82. The molecule has 3 rings (SSSR count). The lowest BCUT2D eigenvalue weighted by atomic mass is 10.1. The van der Waals surface area contributed by atoms with Gasteiger partial charge in [-0.1, -0.05) is 41.9 Å². The fourth-order valence-corrected chi connectivity index (χ4v) is 3.57. The summed E-state index contributed by atoms with van der Waals surface area (Å²) in [5.41, 5.74) is 1.99. The molecule has 0 amide bonds. The maximum absolute atomic E-state index is 11.0. The molecule has 1 atom stereocenters. The summed E-state index contributed by atoms with van der Waals surface area (Å²) in [5, 5.41) is 0.342. The minimum Gasteiger partial charge on any atom is -0.772 e. The minimum absolute atomic E-state index is 0.216. The van der Waals surface area contributed by atoms with Crippen LogP contribution in [0.4, 0.5) is 5.82 Å². The molecule has 0 bridgehead atoms. The highest BCUT2D eigenvalue weighted by molar-refractivity contribution is 7.78. The highest BCUT2D eigenvalue weighted by atomic mass is 35.5. The maximum atomic E-state index is 11.0. The third-order valence-electron chi connectivity index (χ3n) is 4.11. The van der Waals surface area contributed by atoms with Crippen molar-refractivity contribution in [2.45, 2.75) is 31.4 Å². The highest BCUT2D eigenvalue weighted by Crippen LogP contribution is 2.29. The van der Waals surface area contributed by atoms with Crippen LogP contribution in [0, 0.1) is 0 Å². The van der Waals surface area contributed by atoms with Crippen LogP contribution in [0.5, 0.6) is 0 Å². The molecule has 0 radical (unpaired) electrons. The van der Waals surface area contributed by atoms with Crippen molar-refractivity contribution in [1.29, 1.82) is 0 Å². The average Bonchev–Trinajstić information content (AvgIpc) is 2.58. The van der Waals surface area contributed by atoms with Crippen molar-refractivity contribution >= 4 is 28.5 Å². The van der Waals surface area contributed by atoms with E-state index in [9.17, 15) is 8.76 Å². The lowest BCUT2D eigenvalue weighted by molar-refractivity contribution is 0.534. The normalized spacial score (nSPS) is 16.2. The Kier molecular flexibility index (Phi) is 5.81. The SMILES string of the molecule is O=S([O-])Cc1nc(Cl)c(Cc2ccccc2)c(N2CCCCC2)n1. The number of rotatable bonds is 5. The Morgan fingerprint density at radius 1 is 1.12 bits per heavy atom. The molecule has 7 heteroatoms. The second kappa shape index (κ2) is 8.05. The molecule has 1 aliphatic heterocycles. The fourth-order valence-electron chi connectivity index (χ4n) is 2.98. The Bertz CT molecular complexity index is 721. The molecule has 128 valence electrons. The van der Waals surface area contributed by atoms with Crippen molar-refractivity contribution in [1.82, 2.24) is 9.97 Å². The van der Waals surface area contributed by atoms with E-state index >= 15 is 0 Å². The summed E-state index contributed by atoms with van der Waals surface area (Å²) in [7, 11) is 0. The van der Waals surface area contributed by atoms with E-state index in [1.54, 1.807) is 0 Å². The molecule has 1 aliphatic rings. The van der Waals surface area contributed by atoms with Crippen LogP contribution in [0.3, 0.4) is 0 Å². The predicted octanol–water partition coefficient (Wildman–Crippen LogP) is 3.09. The molecular formula is C17H19ClN3O2S-. The molecule has 1 aromatic heterocycles. The van der Waals surface area contributed by atoms with E-state index < -0.39 is 11.1 Å². The molecule has 0 saturated carbocycles. The average molecular weight is 365 g/mol. The van der Waals surface area contributed by atoms with Gasteiger partial charge in [-0.3, -0.25) is 4.21 Å². The van der Waals surface area contributed by atoms with Crippen molar-refractivity contribution in [2.24, 2.45) is 0 Å². The van der Waals surface area contributed by atoms with Gasteiger partial charge < -0.3 is 9.45 Å². The molecule has 2 heterocycles. The van der Waals surface area contributed by atoms with E-state index in [-0.39, 0.29) is 11.6 Å². The van der Waals surface area contributed by atoms with Crippen molar-refractivity contribution in [3.05, 3.63) is 52.4 Å². The fraction of sp³-hybridized carbons (Fsp3) is 0.412. The molecule has 2 aromatic rings. The summed E-state index contributed by atoms with van der Waals surface area (Å²) in [4.78, 5) is 10.9. The van der Waals surface area contributed by atoms with Gasteiger partial charge in [0.05, 0.1) is 5.75 Å². The Labute approximate surface area is 149 Å². The van der Waals surface area contributed by atoms with Crippen LogP contribution >= 0.6 is 11.6 Å². The van der Waals surface area contributed by atoms with Crippen molar-refractivity contribution in [2.75, 3.05) is 18.0 Å². The van der Waals surface area contributed by atoms with Crippen LogP contribution in [0.25, 0.3) is 0 Å². The Balaban J connectivity index is 1.99. The lowest BCUT2D eigenvalue weighted by Gasteiger charge is -2.30. The zero-order valence-electron chi connectivity index (χ0n) is 13.3. The van der Waals surface area contributed by atoms with Crippen LogP contribution in [-0.2, 0) is 23.3 Å². The van der Waals surface area contributed by atoms with E-state index in [2.05, 4.69) is 14.9 Å². The van der Waals surface area contributed by atoms with Gasteiger partial charge in [0.25, 0.3) is 0 Å². The van der Waals surface area contributed by atoms with Gasteiger partial charge in [0, 0.05) is 25.1 Å². The van der Waals surface area contributed by atoms with Gasteiger partial charge in [0.15, 0.2) is 0 Å². The number of anilines is 1. The van der Waals surface area contributed by atoms with Crippen LogP contribution in [0.15, 0.2) is 30.3 Å². The van der Waals surface area contributed by atoms with Gasteiger partial charge >= 0.3 is 0 Å². The Hall–Kier alpha value is -1.50. The standard InChI is InChI=1S/C17H20ClN3O2S/c18-16-14(11-13-7-3-1-4-8-13)17(21-9-5-2-6-10-21)20-15(19-16)12-24(22)23/h1,3-4,7-8H,2,5-6,9-12H2,(H,22,23)/p-1. The van der Waals surface area contributed by atoms with E-state index in [0.29, 0.717) is 11.6 Å². The first kappa shape index (κ1) is 17.3. The minimum atomic E-state index is -2.23. The van der Waals surface area contributed by atoms with Crippen molar-refractivity contribution in [3.63, 3.8) is 0 Å². The topological polar surface area (TPSA) is 69.2 Å². The summed E-state index contributed by atoms with van der Waals surface area (Å²) in [6, 6.07) is 10.0. The molecule has 0 spiro atoms. The first-order valence-corrected chi connectivity index (χ1v) is 9.65. The number of aromatic nitrogens is 2. The van der Waals surface area contributed by atoms with Gasteiger partial charge in [-0.2, -0.15) is 0 Å². The van der Waals surface area contributed by atoms with Crippen LogP contribution in [-0.4, -0.2) is 31.8 Å². The molecule has 5 nitrogen and oxygen atoms in total. The summed E-state index contributed by atoms with van der Waals surface area (Å²) in [5.74, 6) is 0.816. The second-order valence-electron chi connectivity index (χ2n) is 5.89. The Morgan fingerprint density at radius 2 is 1.83 bits per heavy atom. The van der Waals surface area contributed by atoms with Crippen LogP contribution < -0.4 is 4.90 Å².